The molecule has 0 bridgehead atoms. The number of nitrogens with one attached hydrogen (secondary N) is 1. The van der Waals surface area contributed by atoms with E-state index in [2.05, 4.69) is 10.3 Å². The van der Waals surface area contributed by atoms with Crippen LogP contribution in [-0.2, 0) is 4.74 Å². The molecule has 0 aromatic carbocycles. The van der Waals surface area contributed by atoms with Crippen LogP contribution >= 0.6 is 0 Å². The van der Waals surface area contributed by atoms with Gasteiger partial charge in [0.15, 0.2) is 11.4 Å². The molecule has 2 rings (SSSR count). The molecule has 2 heterocycles. The second-order valence-electron chi connectivity index (χ2n) is 4.24. The zero-order valence-electron chi connectivity index (χ0n) is 10.5. The molecule has 5 heteroatoms. The van der Waals surface area contributed by atoms with Gasteiger partial charge in [-0.05, 0) is 32.0 Å². The lowest BCUT2D eigenvalue weighted by molar-refractivity contribution is 0.0513. The third-order valence-corrected chi connectivity index (χ3v) is 2.88. The number of hydrogen-bond acceptors (Lipinski definition) is 5. The van der Waals surface area contributed by atoms with Gasteiger partial charge in [0.2, 0.25) is 0 Å². The summed E-state index contributed by atoms with van der Waals surface area (Å²) in [5, 5.41) is 3.28. The van der Waals surface area contributed by atoms with Crippen molar-refractivity contribution in [3.63, 3.8) is 0 Å². The van der Waals surface area contributed by atoms with Crippen molar-refractivity contribution in [1.82, 2.24) is 10.3 Å². The standard InChI is InChI=1S/C13H18N2O3/c1-2-17-13(16)12-11(4-3-6-15-12)18-9-10-5-7-14-8-10/h3-4,6,10,14H,2,5,7-9H2,1H3. The van der Waals surface area contributed by atoms with Gasteiger partial charge in [-0.3, -0.25) is 0 Å². The number of nitrogens with zero attached hydrogens (tertiary/aromatic N) is 1. The Hall–Kier alpha value is -1.62. The molecule has 1 aromatic heterocycles. The highest BCUT2D eigenvalue weighted by Crippen LogP contribution is 2.18. The first-order valence-electron chi connectivity index (χ1n) is 6.27. The van der Waals surface area contributed by atoms with Crippen LogP contribution in [0.3, 0.4) is 0 Å². The van der Waals surface area contributed by atoms with Crippen molar-refractivity contribution in [2.45, 2.75) is 13.3 Å². The molecule has 5 nitrogen and oxygen atoms in total. The molecule has 1 fully saturated rings. The van der Waals surface area contributed by atoms with E-state index in [-0.39, 0.29) is 5.69 Å². The monoisotopic (exact) mass is 250 g/mol. The minimum atomic E-state index is -0.433. The number of carbonyl (C=O) groups is 1. The van der Waals surface area contributed by atoms with Crippen LogP contribution in [0.4, 0.5) is 0 Å². The second-order valence-corrected chi connectivity index (χ2v) is 4.24. The summed E-state index contributed by atoms with van der Waals surface area (Å²) in [6, 6.07) is 3.51. The van der Waals surface area contributed by atoms with Crippen molar-refractivity contribution in [3.05, 3.63) is 24.0 Å². The van der Waals surface area contributed by atoms with E-state index in [0.717, 1.165) is 19.5 Å². The molecule has 1 aliphatic rings. The number of ether oxygens (including phenoxy) is 2. The van der Waals surface area contributed by atoms with E-state index in [1.54, 1.807) is 25.3 Å². The van der Waals surface area contributed by atoms with Gasteiger partial charge in [0, 0.05) is 18.7 Å². The predicted octanol–water partition coefficient (Wildman–Crippen LogP) is 1.25. The van der Waals surface area contributed by atoms with E-state index >= 15 is 0 Å². The summed E-state index contributed by atoms with van der Waals surface area (Å²) in [7, 11) is 0. The summed E-state index contributed by atoms with van der Waals surface area (Å²) in [6.45, 7) is 4.71. The van der Waals surface area contributed by atoms with Gasteiger partial charge >= 0.3 is 5.97 Å². The summed E-state index contributed by atoms with van der Waals surface area (Å²) in [5.41, 5.74) is 0.255. The van der Waals surface area contributed by atoms with Crippen LogP contribution in [0, 0.1) is 5.92 Å². The number of hydrogen-bond donors (Lipinski definition) is 1. The molecular weight excluding hydrogens is 232 g/mol. The van der Waals surface area contributed by atoms with Crippen molar-refractivity contribution in [3.8, 4) is 5.75 Å². The molecule has 0 radical (unpaired) electrons. The maximum Gasteiger partial charge on any atom is 0.360 e. The number of pyridine rings is 1. The minimum Gasteiger partial charge on any atom is -0.491 e. The van der Waals surface area contributed by atoms with E-state index in [9.17, 15) is 4.79 Å². The molecule has 1 saturated heterocycles. The highest BCUT2D eigenvalue weighted by atomic mass is 16.5. The molecule has 0 saturated carbocycles. The van der Waals surface area contributed by atoms with Gasteiger partial charge in [0.05, 0.1) is 13.2 Å². The van der Waals surface area contributed by atoms with Gasteiger partial charge in [0.1, 0.15) is 0 Å². The molecule has 18 heavy (non-hydrogen) atoms. The van der Waals surface area contributed by atoms with E-state index in [0.29, 0.717) is 24.9 Å². The quantitative estimate of drug-likeness (QED) is 0.797. The summed E-state index contributed by atoms with van der Waals surface area (Å²) >= 11 is 0. The molecule has 1 aliphatic heterocycles. The molecule has 0 aliphatic carbocycles. The lowest BCUT2D eigenvalue weighted by Gasteiger charge is -2.12. The van der Waals surface area contributed by atoms with Crippen molar-refractivity contribution in [2.75, 3.05) is 26.3 Å². The number of carbonyl (C=O) groups excluding carboxylic acids is 1. The Bertz CT molecular complexity index is 403. The van der Waals surface area contributed by atoms with Crippen LogP contribution < -0.4 is 10.1 Å². The van der Waals surface area contributed by atoms with Crippen LogP contribution in [0.5, 0.6) is 5.75 Å². The Labute approximate surface area is 107 Å². The van der Waals surface area contributed by atoms with E-state index in [1.165, 1.54) is 0 Å². The third kappa shape index (κ3) is 3.20. The highest BCUT2D eigenvalue weighted by Gasteiger charge is 2.18. The largest absolute Gasteiger partial charge is 0.491 e. The third-order valence-electron chi connectivity index (χ3n) is 2.88. The van der Waals surface area contributed by atoms with Crippen molar-refractivity contribution in [1.29, 1.82) is 0 Å². The van der Waals surface area contributed by atoms with Crippen LogP contribution in [0.1, 0.15) is 23.8 Å². The maximum atomic E-state index is 11.7. The zero-order valence-corrected chi connectivity index (χ0v) is 10.5. The van der Waals surface area contributed by atoms with Crippen LogP contribution in [0.25, 0.3) is 0 Å². The summed E-state index contributed by atoms with van der Waals surface area (Å²) in [4.78, 5) is 15.7. The molecule has 1 N–H and O–H groups in total. The lowest BCUT2D eigenvalue weighted by atomic mass is 10.1. The fraction of sp³-hybridized carbons (Fsp3) is 0.538. The predicted molar refractivity (Wildman–Crippen MR) is 66.7 cm³/mol. The summed E-state index contributed by atoms with van der Waals surface area (Å²) < 4.78 is 10.6. The van der Waals surface area contributed by atoms with E-state index in [1.807, 2.05) is 0 Å². The minimum absolute atomic E-state index is 0.255. The Morgan fingerprint density at radius 2 is 2.50 bits per heavy atom. The van der Waals surface area contributed by atoms with Crippen molar-refractivity contribution in [2.24, 2.45) is 5.92 Å². The smallest absolute Gasteiger partial charge is 0.360 e. The summed E-state index contributed by atoms with van der Waals surface area (Å²) in [5.74, 6) is 0.570. The van der Waals surface area contributed by atoms with Gasteiger partial charge in [-0.1, -0.05) is 0 Å². The molecule has 0 amide bonds. The first kappa shape index (κ1) is 12.8. The first-order chi connectivity index (χ1) is 8.81. The topological polar surface area (TPSA) is 60.5 Å². The molecule has 0 spiro atoms. The van der Waals surface area contributed by atoms with Gasteiger partial charge in [-0.15, -0.1) is 0 Å². The SMILES string of the molecule is CCOC(=O)c1ncccc1OCC1CCNC1. The Morgan fingerprint density at radius 1 is 1.61 bits per heavy atom. The van der Waals surface area contributed by atoms with Gasteiger partial charge < -0.3 is 14.8 Å². The van der Waals surface area contributed by atoms with E-state index in [4.69, 9.17) is 9.47 Å². The second kappa shape index (κ2) is 6.35. The van der Waals surface area contributed by atoms with Crippen LogP contribution in [0.2, 0.25) is 0 Å². The molecule has 1 aromatic rings. The Balaban J connectivity index is 2.00. The average molecular weight is 250 g/mol. The van der Waals surface area contributed by atoms with Gasteiger partial charge in [-0.2, -0.15) is 0 Å². The van der Waals surface area contributed by atoms with Crippen LogP contribution in [0.15, 0.2) is 18.3 Å². The molecule has 1 unspecified atom stereocenters. The van der Waals surface area contributed by atoms with Gasteiger partial charge in [-0.25, -0.2) is 9.78 Å². The average Bonchev–Trinajstić information content (AvgIpc) is 2.90. The Kier molecular flexibility index (Phi) is 4.52. The fourth-order valence-corrected chi connectivity index (χ4v) is 1.92. The van der Waals surface area contributed by atoms with E-state index < -0.39 is 5.97 Å². The van der Waals surface area contributed by atoms with Crippen molar-refractivity contribution < 1.29 is 14.3 Å². The first-order valence-corrected chi connectivity index (χ1v) is 6.27. The molecular formula is C13H18N2O3. The lowest BCUT2D eigenvalue weighted by Crippen LogP contribution is -2.17. The normalized spacial score (nSPS) is 18.6. The Morgan fingerprint density at radius 3 is 3.22 bits per heavy atom. The molecule has 98 valence electrons. The molecule has 1 atom stereocenters. The summed E-state index contributed by atoms with van der Waals surface area (Å²) in [6.07, 6.45) is 2.67. The van der Waals surface area contributed by atoms with Gasteiger partial charge in [0.25, 0.3) is 0 Å². The maximum absolute atomic E-state index is 11.7. The van der Waals surface area contributed by atoms with Crippen molar-refractivity contribution >= 4 is 5.97 Å². The van der Waals surface area contributed by atoms with Crippen LogP contribution in [-0.4, -0.2) is 37.3 Å². The number of esters is 1. The number of aromatic nitrogens is 1. The zero-order chi connectivity index (χ0) is 12.8. The fourth-order valence-electron chi connectivity index (χ4n) is 1.92. The number of rotatable bonds is 5. The highest BCUT2D eigenvalue weighted by molar-refractivity contribution is 5.90.